The summed E-state index contributed by atoms with van der Waals surface area (Å²) in [6.45, 7) is 0. The lowest BCUT2D eigenvalue weighted by molar-refractivity contribution is -0.115. The van der Waals surface area contributed by atoms with Crippen molar-refractivity contribution in [1.82, 2.24) is 5.32 Å². The normalized spacial score (nSPS) is 18.0. The number of hydrogen-bond acceptors (Lipinski definition) is 3. The summed E-state index contributed by atoms with van der Waals surface area (Å²) >= 11 is 6.95. The third kappa shape index (κ3) is 3.37. The van der Waals surface area contributed by atoms with Gasteiger partial charge in [0.15, 0.2) is 5.17 Å². The molecule has 3 rings (SSSR count). The highest BCUT2D eigenvalue weighted by Crippen LogP contribution is 2.29. The number of nitrogens with zero attached hydrogens (tertiary/aromatic N) is 1. The second kappa shape index (κ2) is 6.34. The fourth-order valence-corrected chi connectivity index (χ4v) is 2.87. The lowest BCUT2D eigenvalue weighted by Crippen LogP contribution is -2.19. The zero-order chi connectivity index (χ0) is 15.5. The Morgan fingerprint density at radius 3 is 2.68 bits per heavy atom. The molecule has 0 spiro atoms. The summed E-state index contributed by atoms with van der Waals surface area (Å²) in [6.07, 6.45) is 1.79. The standard InChI is InChI=1S/C16H10ClFN2OS/c17-12-9-11(6-7-13(12)18)19-16-20-15(21)14(22-16)8-10-4-2-1-3-5-10/h1-9H,(H,19,20,21)/b14-8-. The van der Waals surface area contributed by atoms with Crippen molar-refractivity contribution >= 4 is 46.2 Å². The van der Waals surface area contributed by atoms with Gasteiger partial charge in [0, 0.05) is 0 Å². The number of aliphatic imine (C=N–C) groups is 1. The Labute approximate surface area is 135 Å². The first-order valence-electron chi connectivity index (χ1n) is 6.41. The van der Waals surface area contributed by atoms with Gasteiger partial charge < -0.3 is 5.32 Å². The smallest absolute Gasteiger partial charge is 0.264 e. The second-order valence-corrected chi connectivity index (χ2v) is 5.93. The number of rotatable bonds is 2. The Bertz CT molecular complexity index is 790. The molecule has 3 nitrogen and oxygen atoms in total. The number of carbonyl (C=O) groups excluding carboxylic acids is 1. The molecule has 1 amide bonds. The maximum absolute atomic E-state index is 13.1. The van der Waals surface area contributed by atoms with Crippen molar-refractivity contribution < 1.29 is 9.18 Å². The van der Waals surface area contributed by atoms with E-state index in [4.69, 9.17) is 11.6 Å². The summed E-state index contributed by atoms with van der Waals surface area (Å²) in [6, 6.07) is 13.7. The number of hydrogen-bond donors (Lipinski definition) is 1. The van der Waals surface area contributed by atoms with Crippen LogP contribution in [0.4, 0.5) is 10.1 Å². The molecule has 1 aliphatic heterocycles. The first kappa shape index (κ1) is 14.8. The molecule has 0 saturated carbocycles. The molecule has 22 heavy (non-hydrogen) atoms. The van der Waals surface area contributed by atoms with E-state index in [1.807, 2.05) is 30.3 Å². The summed E-state index contributed by atoms with van der Waals surface area (Å²) in [5.41, 5.74) is 1.42. The van der Waals surface area contributed by atoms with Gasteiger partial charge in [-0.05, 0) is 41.6 Å². The molecule has 1 heterocycles. The maximum Gasteiger partial charge on any atom is 0.264 e. The summed E-state index contributed by atoms with van der Waals surface area (Å²) in [5, 5.41) is 3.11. The van der Waals surface area contributed by atoms with Gasteiger partial charge in [-0.1, -0.05) is 41.9 Å². The van der Waals surface area contributed by atoms with E-state index in [2.05, 4.69) is 10.3 Å². The molecule has 0 aromatic heterocycles. The van der Waals surface area contributed by atoms with Crippen LogP contribution in [0, 0.1) is 5.82 Å². The minimum atomic E-state index is -0.501. The summed E-state index contributed by atoms with van der Waals surface area (Å²) < 4.78 is 13.1. The number of halogens is 2. The van der Waals surface area contributed by atoms with Gasteiger partial charge in [-0.2, -0.15) is 0 Å². The number of thioether (sulfide) groups is 1. The Kier molecular flexibility index (Phi) is 4.27. The van der Waals surface area contributed by atoms with E-state index in [0.717, 1.165) is 5.56 Å². The van der Waals surface area contributed by atoms with Crippen molar-refractivity contribution in [3.63, 3.8) is 0 Å². The van der Waals surface area contributed by atoms with Crippen molar-refractivity contribution in [3.05, 3.63) is 69.8 Å². The van der Waals surface area contributed by atoms with Crippen LogP contribution in [0.15, 0.2) is 58.4 Å². The van der Waals surface area contributed by atoms with Crippen molar-refractivity contribution in [2.75, 3.05) is 0 Å². The first-order chi connectivity index (χ1) is 10.6. The Morgan fingerprint density at radius 2 is 1.95 bits per heavy atom. The summed E-state index contributed by atoms with van der Waals surface area (Å²) in [5.74, 6) is -0.709. The summed E-state index contributed by atoms with van der Waals surface area (Å²) in [7, 11) is 0. The predicted octanol–water partition coefficient (Wildman–Crippen LogP) is 4.37. The van der Waals surface area contributed by atoms with E-state index in [1.165, 1.54) is 30.0 Å². The van der Waals surface area contributed by atoms with Crippen LogP contribution in [0.2, 0.25) is 5.02 Å². The van der Waals surface area contributed by atoms with Gasteiger partial charge in [-0.15, -0.1) is 0 Å². The molecule has 1 fully saturated rings. The van der Waals surface area contributed by atoms with Crippen molar-refractivity contribution in [2.24, 2.45) is 4.99 Å². The number of benzene rings is 2. The average molecular weight is 333 g/mol. The van der Waals surface area contributed by atoms with Gasteiger partial charge in [0.05, 0.1) is 15.6 Å². The van der Waals surface area contributed by atoms with Crippen LogP contribution in [-0.2, 0) is 4.79 Å². The van der Waals surface area contributed by atoms with Crippen LogP contribution in [0.5, 0.6) is 0 Å². The highest BCUT2D eigenvalue weighted by Gasteiger charge is 2.23. The lowest BCUT2D eigenvalue weighted by atomic mass is 10.2. The van der Waals surface area contributed by atoms with Gasteiger partial charge >= 0.3 is 0 Å². The minimum absolute atomic E-state index is 0.00350. The molecule has 1 saturated heterocycles. The fraction of sp³-hybridized carbons (Fsp3) is 0. The molecule has 110 valence electrons. The van der Waals surface area contributed by atoms with E-state index < -0.39 is 5.82 Å². The molecule has 0 radical (unpaired) electrons. The van der Waals surface area contributed by atoms with E-state index >= 15 is 0 Å². The van der Waals surface area contributed by atoms with E-state index in [9.17, 15) is 9.18 Å². The molecule has 1 N–H and O–H groups in total. The van der Waals surface area contributed by atoms with E-state index in [-0.39, 0.29) is 10.9 Å². The molecular formula is C16H10ClFN2OS. The van der Waals surface area contributed by atoms with Crippen molar-refractivity contribution in [3.8, 4) is 0 Å². The number of amides is 1. The first-order valence-corrected chi connectivity index (χ1v) is 7.61. The topological polar surface area (TPSA) is 41.5 Å². The van der Waals surface area contributed by atoms with Crippen LogP contribution < -0.4 is 5.32 Å². The molecule has 0 bridgehead atoms. The number of amidine groups is 1. The quantitative estimate of drug-likeness (QED) is 0.830. The largest absolute Gasteiger partial charge is 0.300 e. The zero-order valence-electron chi connectivity index (χ0n) is 11.2. The molecule has 0 unspecified atom stereocenters. The highest BCUT2D eigenvalue weighted by molar-refractivity contribution is 8.18. The van der Waals surface area contributed by atoms with Gasteiger partial charge in [0.1, 0.15) is 5.82 Å². The molecule has 2 aromatic carbocycles. The fourth-order valence-electron chi connectivity index (χ4n) is 1.85. The number of nitrogens with one attached hydrogen (secondary N) is 1. The van der Waals surface area contributed by atoms with Gasteiger partial charge in [0.2, 0.25) is 0 Å². The van der Waals surface area contributed by atoms with Crippen LogP contribution in [0.25, 0.3) is 6.08 Å². The van der Waals surface area contributed by atoms with Gasteiger partial charge in [-0.25, -0.2) is 9.38 Å². The van der Waals surface area contributed by atoms with Gasteiger partial charge in [-0.3, -0.25) is 4.79 Å². The third-order valence-corrected chi connectivity index (χ3v) is 4.08. The van der Waals surface area contributed by atoms with Crippen LogP contribution in [0.1, 0.15) is 5.56 Å². The SMILES string of the molecule is O=C1NC(=Nc2ccc(F)c(Cl)c2)S/C1=C\c1ccccc1. The monoisotopic (exact) mass is 332 g/mol. The molecular weight excluding hydrogens is 323 g/mol. The summed E-state index contributed by atoms with van der Waals surface area (Å²) in [4.78, 5) is 16.7. The Hall–Kier alpha value is -2.11. The third-order valence-electron chi connectivity index (χ3n) is 2.88. The minimum Gasteiger partial charge on any atom is -0.300 e. The average Bonchev–Trinajstić information content (AvgIpc) is 2.84. The molecule has 0 atom stereocenters. The lowest BCUT2D eigenvalue weighted by Gasteiger charge is -1.98. The highest BCUT2D eigenvalue weighted by atomic mass is 35.5. The van der Waals surface area contributed by atoms with Crippen molar-refractivity contribution in [2.45, 2.75) is 0 Å². The zero-order valence-corrected chi connectivity index (χ0v) is 12.8. The predicted molar refractivity (Wildman–Crippen MR) is 88.7 cm³/mol. The van der Waals surface area contributed by atoms with E-state index in [0.29, 0.717) is 15.8 Å². The van der Waals surface area contributed by atoms with E-state index in [1.54, 1.807) is 6.08 Å². The molecule has 2 aromatic rings. The molecule has 6 heteroatoms. The van der Waals surface area contributed by atoms with Crippen molar-refractivity contribution in [1.29, 1.82) is 0 Å². The van der Waals surface area contributed by atoms with Crippen LogP contribution in [0.3, 0.4) is 0 Å². The van der Waals surface area contributed by atoms with Crippen LogP contribution in [-0.4, -0.2) is 11.1 Å². The van der Waals surface area contributed by atoms with Gasteiger partial charge in [0.25, 0.3) is 5.91 Å². The second-order valence-electron chi connectivity index (χ2n) is 4.49. The number of carbonyl (C=O) groups is 1. The Balaban J connectivity index is 1.83. The Morgan fingerprint density at radius 1 is 1.18 bits per heavy atom. The maximum atomic E-state index is 13.1. The molecule has 1 aliphatic rings. The van der Waals surface area contributed by atoms with Crippen LogP contribution >= 0.6 is 23.4 Å². The molecule has 0 aliphatic carbocycles.